The zero-order valence-electron chi connectivity index (χ0n) is 14.5. The summed E-state index contributed by atoms with van der Waals surface area (Å²) in [5, 5.41) is 5.32. The zero-order valence-corrected chi connectivity index (χ0v) is 15.3. The standard InChI is InChI=1S/C20H19ClF2N2O2/c21-9-19(26)24-10-12-1-2-14(18(23)7-12)11-25-20(27)17-5-3-13-8-15(22)4-6-16(13)17/h1-2,4,6-8,17H,3,5,9-11H2,(H,24,26)(H,25,27). The molecule has 2 aromatic rings. The van der Waals surface area contributed by atoms with Gasteiger partial charge in [-0.25, -0.2) is 8.78 Å². The smallest absolute Gasteiger partial charge is 0.235 e. The van der Waals surface area contributed by atoms with Crippen LogP contribution in [0, 0.1) is 11.6 Å². The van der Waals surface area contributed by atoms with Gasteiger partial charge in [0.1, 0.15) is 17.5 Å². The number of halogens is 3. The highest BCUT2D eigenvalue weighted by atomic mass is 35.5. The summed E-state index contributed by atoms with van der Waals surface area (Å²) in [7, 11) is 0. The van der Waals surface area contributed by atoms with Gasteiger partial charge in [-0.3, -0.25) is 9.59 Å². The van der Waals surface area contributed by atoms with Crippen LogP contribution in [0.4, 0.5) is 8.78 Å². The second-order valence-electron chi connectivity index (χ2n) is 6.49. The van der Waals surface area contributed by atoms with Gasteiger partial charge in [-0.05, 0) is 47.7 Å². The third kappa shape index (κ3) is 4.63. The van der Waals surface area contributed by atoms with Crippen molar-refractivity contribution in [3.05, 3.63) is 70.3 Å². The van der Waals surface area contributed by atoms with Crippen molar-refractivity contribution < 1.29 is 18.4 Å². The van der Waals surface area contributed by atoms with Crippen molar-refractivity contribution >= 4 is 23.4 Å². The van der Waals surface area contributed by atoms with E-state index in [1.54, 1.807) is 18.2 Å². The lowest BCUT2D eigenvalue weighted by Crippen LogP contribution is -2.28. The van der Waals surface area contributed by atoms with Crippen molar-refractivity contribution in [3.8, 4) is 0 Å². The van der Waals surface area contributed by atoms with Crippen molar-refractivity contribution in [2.75, 3.05) is 5.88 Å². The largest absolute Gasteiger partial charge is 0.351 e. The average Bonchev–Trinajstić information content (AvgIpc) is 3.08. The minimum Gasteiger partial charge on any atom is -0.351 e. The Morgan fingerprint density at radius 3 is 2.63 bits per heavy atom. The van der Waals surface area contributed by atoms with Crippen LogP contribution in [0.25, 0.3) is 0 Å². The molecule has 0 spiro atoms. The molecule has 1 unspecified atom stereocenters. The fourth-order valence-corrected chi connectivity index (χ4v) is 3.35. The Labute approximate surface area is 160 Å². The fraction of sp³-hybridized carbons (Fsp3) is 0.300. The van der Waals surface area contributed by atoms with Crippen LogP contribution >= 0.6 is 11.6 Å². The Balaban J connectivity index is 1.59. The number of fused-ring (bicyclic) bond motifs is 1. The number of hydrogen-bond donors (Lipinski definition) is 2. The number of rotatable bonds is 6. The molecule has 0 radical (unpaired) electrons. The van der Waals surface area contributed by atoms with Crippen molar-refractivity contribution in [3.63, 3.8) is 0 Å². The normalized spacial score (nSPS) is 15.3. The van der Waals surface area contributed by atoms with E-state index < -0.39 is 5.82 Å². The summed E-state index contributed by atoms with van der Waals surface area (Å²) in [6.45, 7) is 0.247. The molecule has 0 saturated heterocycles. The molecule has 0 aliphatic heterocycles. The molecule has 1 aliphatic carbocycles. The fourth-order valence-electron chi connectivity index (χ4n) is 3.26. The van der Waals surface area contributed by atoms with Crippen molar-refractivity contribution in [2.24, 2.45) is 0 Å². The lowest BCUT2D eigenvalue weighted by molar-refractivity contribution is -0.122. The molecular formula is C20H19ClF2N2O2. The highest BCUT2D eigenvalue weighted by Gasteiger charge is 2.28. The van der Waals surface area contributed by atoms with E-state index in [1.807, 2.05) is 0 Å². The number of nitrogens with one attached hydrogen (secondary N) is 2. The van der Waals surface area contributed by atoms with Crippen LogP contribution in [-0.2, 0) is 29.1 Å². The molecule has 0 aromatic heterocycles. The van der Waals surface area contributed by atoms with Gasteiger partial charge in [0.2, 0.25) is 11.8 Å². The number of carbonyl (C=O) groups is 2. The first kappa shape index (κ1) is 19.3. The average molecular weight is 393 g/mol. The van der Waals surface area contributed by atoms with Gasteiger partial charge in [-0.1, -0.05) is 18.2 Å². The first-order chi connectivity index (χ1) is 13.0. The first-order valence-electron chi connectivity index (χ1n) is 8.64. The topological polar surface area (TPSA) is 58.2 Å². The van der Waals surface area contributed by atoms with Crippen LogP contribution in [0.15, 0.2) is 36.4 Å². The van der Waals surface area contributed by atoms with Crippen LogP contribution < -0.4 is 10.6 Å². The van der Waals surface area contributed by atoms with E-state index in [2.05, 4.69) is 10.6 Å². The summed E-state index contributed by atoms with van der Waals surface area (Å²) in [4.78, 5) is 23.6. The molecule has 142 valence electrons. The Bertz CT molecular complexity index is 873. The quantitative estimate of drug-likeness (QED) is 0.742. The Morgan fingerprint density at radius 2 is 1.89 bits per heavy atom. The summed E-state index contributed by atoms with van der Waals surface area (Å²) in [5.41, 5.74) is 2.64. The Morgan fingerprint density at radius 1 is 1.07 bits per heavy atom. The van der Waals surface area contributed by atoms with Gasteiger partial charge < -0.3 is 10.6 Å². The maximum Gasteiger partial charge on any atom is 0.235 e. The molecule has 2 aromatic carbocycles. The lowest BCUT2D eigenvalue weighted by atomic mass is 10.0. The van der Waals surface area contributed by atoms with Gasteiger partial charge in [0, 0.05) is 18.7 Å². The molecule has 7 heteroatoms. The lowest BCUT2D eigenvalue weighted by Gasteiger charge is -2.13. The molecular weight excluding hydrogens is 374 g/mol. The Hall–Kier alpha value is -2.47. The number of carbonyl (C=O) groups excluding carboxylic acids is 2. The summed E-state index contributed by atoms with van der Waals surface area (Å²) in [5.74, 6) is -1.78. The van der Waals surface area contributed by atoms with E-state index in [0.29, 0.717) is 24.0 Å². The monoisotopic (exact) mass is 392 g/mol. The van der Waals surface area contributed by atoms with E-state index in [0.717, 1.165) is 11.1 Å². The van der Waals surface area contributed by atoms with Gasteiger partial charge in [-0.15, -0.1) is 11.6 Å². The number of aryl methyl sites for hydroxylation is 1. The number of alkyl halides is 1. The van der Waals surface area contributed by atoms with Gasteiger partial charge in [0.25, 0.3) is 0 Å². The highest BCUT2D eigenvalue weighted by molar-refractivity contribution is 6.27. The third-order valence-corrected chi connectivity index (χ3v) is 4.92. The van der Waals surface area contributed by atoms with Gasteiger partial charge in [0.05, 0.1) is 5.92 Å². The molecule has 1 atom stereocenters. The predicted octanol–water partition coefficient (Wildman–Crippen LogP) is 3.17. The molecule has 2 N–H and O–H groups in total. The van der Waals surface area contributed by atoms with E-state index in [9.17, 15) is 18.4 Å². The summed E-state index contributed by atoms with van der Waals surface area (Å²) in [6, 6.07) is 9.05. The summed E-state index contributed by atoms with van der Waals surface area (Å²) < 4.78 is 27.5. The third-order valence-electron chi connectivity index (χ3n) is 4.68. The minimum atomic E-state index is -0.457. The van der Waals surface area contributed by atoms with Crippen molar-refractivity contribution in [1.29, 1.82) is 0 Å². The number of benzene rings is 2. The first-order valence-corrected chi connectivity index (χ1v) is 9.17. The second kappa shape index (κ2) is 8.48. The molecule has 0 bridgehead atoms. The molecule has 3 rings (SSSR count). The molecule has 1 aliphatic rings. The summed E-state index contributed by atoms with van der Waals surface area (Å²) in [6.07, 6.45) is 1.27. The summed E-state index contributed by atoms with van der Waals surface area (Å²) >= 11 is 5.39. The maximum atomic E-state index is 14.2. The van der Waals surface area contributed by atoms with Crippen molar-refractivity contribution in [1.82, 2.24) is 10.6 Å². The molecule has 0 fully saturated rings. The van der Waals surface area contributed by atoms with Crippen LogP contribution in [0.2, 0.25) is 0 Å². The molecule has 2 amide bonds. The van der Waals surface area contributed by atoms with Crippen LogP contribution in [0.3, 0.4) is 0 Å². The molecule has 0 saturated carbocycles. The minimum absolute atomic E-state index is 0.0615. The predicted molar refractivity (Wildman–Crippen MR) is 98.3 cm³/mol. The molecule has 0 heterocycles. The van der Waals surface area contributed by atoms with E-state index >= 15 is 0 Å². The van der Waals surface area contributed by atoms with E-state index in [-0.39, 0.29) is 42.5 Å². The zero-order chi connectivity index (χ0) is 19.4. The second-order valence-corrected chi connectivity index (χ2v) is 6.76. The van der Waals surface area contributed by atoms with Crippen molar-refractivity contribution in [2.45, 2.75) is 31.8 Å². The van der Waals surface area contributed by atoms with E-state index in [1.165, 1.54) is 18.2 Å². The van der Waals surface area contributed by atoms with Crippen LogP contribution in [-0.4, -0.2) is 17.7 Å². The SMILES string of the molecule is O=C(CCl)NCc1ccc(CNC(=O)C2CCc3cc(F)ccc32)c(F)c1. The number of amides is 2. The van der Waals surface area contributed by atoms with Gasteiger partial charge >= 0.3 is 0 Å². The maximum absolute atomic E-state index is 14.2. The van der Waals surface area contributed by atoms with Gasteiger partial charge in [0.15, 0.2) is 0 Å². The highest BCUT2D eigenvalue weighted by Crippen LogP contribution is 2.33. The van der Waals surface area contributed by atoms with Crippen LogP contribution in [0.5, 0.6) is 0 Å². The van der Waals surface area contributed by atoms with Gasteiger partial charge in [-0.2, -0.15) is 0 Å². The molecule has 27 heavy (non-hydrogen) atoms. The molecule has 4 nitrogen and oxygen atoms in total. The Kier molecular flexibility index (Phi) is 6.06. The number of hydrogen-bond acceptors (Lipinski definition) is 2. The van der Waals surface area contributed by atoms with Crippen LogP contribution in [0.1, 0.15) is 34.6 Å². The van der Waals surface area contributed by atoms with E-state index in [4.69, 9.17) is 11.6 Å².